The van der Waals surface area contributed by atoms with Crippen LogP contribution in [0.15, 0.2) is 24.4 Å². The van der Waals surface area contributed by atoms with Gasteiger partial charge in [0.25, 0.3) is 0 Å². The molecule has 0 bridgehead atoms. The van der Waals surface area contributed by atoms with Crippen LogP contribution < -0.4 is 5.32 Å². The van der Waals surface area contributed by atoms with E-state index in [4.69, 9.17) is 4.74 Å². The van der Waals surface area contributed by atoms with Crippen molar-refractivity contribution in [2.24, 2.45) is 5.92 Å². The second-order valence-electron chi connectivity index (χ2n) is 4.77. The van der Waals surface area contributed by atoms with Crippen molar-refractivity contribution in [2.75, 3.05) is 19.7 Å². The first-order valence-electron chi connectivity index (χ1n) is 6.59. The molecule has 1 fully saturated rings. The molecule has 3 nitrogen and oxygen atoms in total. The number of aromatic nitrogens is 1. The summed E-state index contributed by atoms with van der Waals surface area (Å²) in [4.78, 5) is 4.31. The van der Waals surface area contributed by atoms with Crippen molar-refractivity contribution in [3.63, 3.8) is 0 Å². The van der Waals surface area contributed by atoms with Crippen LogP contribution in [0.5, 0.6) is 0 Å². The van der Waals surface area contributed by atoms with Crippen molar-refractivity contribution >= 4 is 0 Å². The maximum absolute atomic E-state index is 5.84. The minimum atomic E-state index is 0.104. The molecular weight excluding hydrogens is 212 g/mol. The molecule has 0 spiro atoms. The van der Waals surface area contributed by atoms with E-state index in [-0.39, 0.29) is 6.10 Å². The van der Waals surface area contributed by atoms with Crippen LogP contribution in [0.2, 0.25) is 0 Å². The zero-order valence-electron chi connectivity index (χ0n) is 10.6. The molecule has 2 rings (SSSR count). The van der Waals surface area contributed by atoms with Gasteiger partial charge in [0.2, 0.25) is 0 Å². The summed E-state index contributed by atoms with van der Waals surface area (Å²) in [7, 11) is 0. The highest BCUT2D eigenvalue weighted by atomic mass is 16.5. The lowest BCUT2D eigenvalue weighted by Gasteiger charge is -2.23. The lowest BCUT2D eigenvalue weighted by molar-refractivity contribution is 0.0512. The van der Waals surface area contributed by atoms with Gasteiger partial charge in [-0.1, -0.05) is 6.07 Å². The summed E-state index contributed by atoms with van der Waals surface area (Å²) in [6.07, 6.45) is 5.73. The lowest BCUT2D eigenvalue weighted by Crippen LogP contribution is -2.30. The van der Waals surface area contributed by atoms with Crippen LogP contribution >= 0.6 is 0 Å². The summed E-state index contributed by atoms with van der Waals surface area (Å²) in [5.41, 5.74) is 1.02. The van der Waals surface area contributed by atoms with Crippen molar-refractivity contribution in [1.82, 2.24) is 10.3 Å². The molecule has 1 aromatic heterocycles. The third-order valence-corrected chi connectivity index (χ3v) is 3.40. The average molecular weight is 234 g/mol. The summed E-state index contributed by atoms with van der Waals surface area (Å²) >= 11 is 0. The molecule has 0 saturated carbocycles. The van der Waals surface area contributed by atoms with Gasteiger partial charge in [0.05, 0.1) is 11.8 Å². The molecule has 2 heterocycles. The van der Waals surface area contributed by atoms with Gasteiger partial charge in [0.15, 0.2) is 0 Å². The standard InChI is InChI=1S/C14H22N2O/c1-12(14-6-2-3-9-16-14)17-10-7-13-5-4-8-15-11-13/h2-3,6,9,12-13,15H,4-5,7-8,10-11H2,1H3/t12-,13-/m1/s1. The molecule has 2 atom stereocenters. The Morgan fingerprint density at radius 3 is 3.18 bits per heavy atom. The van der Waals surface area contributed by atoms with E-state index >= 15 is 0 Å². The van der Waals surface area contributed by atoms with Gasteiger partial charge in [-0.25, -0.2) is 0 Å². The van der Waals surface area contributed by atoms with Gasteiger partial charge in [0.1, 0.15) is 0 Å². The first-order valence-corrected chi connectivity index (χ1v) is 6.59. The van der Waals surface area contributed by atoms with Gasteiger partial charge in [0, 0.05) is 12.8 Å². The van der Waals surface area contributed by atoms with Crippen molar-refractivity contribution in [2.45, 2.75) is 32.3 Å². The number of hydrogen-bond donors (Lipinski definition) is 1. The fourth-order valence-corrected chi connectivity index (χ4v) is 2.28. The Balaban J connectivity index is 1.67. The molecule has 0 aliphatic carbocycles. The third kappa shape index (κ3) is 4.10. The molecule has 0 radical (unpaired) electrons. The van der Waals surface area contributed by atoms with Crippen molar-refractivity contribution in [1.29, 1.82) is 0 Å². The number of piperidine rings is 1. The summed E-state index contributed by atoms with van der Waals surface area (Å²) in [5.74, 6) is 0.791. The molecule has 1 aliphatic rings. The normalized spacial score (nSPS) is 22.3. The molecular formula is C14H22N2O. The zero-order valence-corrected chi connectivity index (χ0v) is 10.6. The number of hydrogen-bond acceptors (Lipinski definition) is 3. The molecule has 1 N–H and O–H groups in total. The summed E-state index contributed by atoms with van der Waals surface area (Å²) in [5, 5.41) is 3.44. The van der Waals surface area contributed by atoms with E-state index in [1.165, 1.54) is 19.4 Å². The smallest absolute Gasteiger partial charge is 0.0966 e. The van der Waals surface area contributed by atoms with E-state index in [2.05, 4.69) is 17.2 Å². The fourth-order valence-electron chi connectivity index (χ4n) is 2.28. The van der Waals surface area contributed by atoms with Crippen molar-refractivity contribution in [3.8, 4) is 0 Å². The highest BCUT2D eigenvalue weighted by Crippen LogP contribution is 2.17. The van der Waals surface area contributed by atoms with Crippen LogP contribution in [-0.2, 0) is 4.74 Å². The van der Waals surface area contributed by atoms with E-state index < -0.39 is 0 Å². The Bertz CT molecular complexity index is 309. The Morgan fingerprint density at radius 1 is 1.53 bits per heavy atom. The minimum Gasteiger partial charge on any atom is -0.372 e. The average Bonchev–Trinajstić information content (AvgIpc) is 2.41. The summed E-state index contributed by atoms with van der Waals surface area (Å²) < 4.78 is 5.84. The largest absolute Gasteiger partial charge is 0.372 e. The van der Waals surface area contributed by atoms with Crippen LogP contribution in [-0.4, -0.2) is 24.7 Å². The second kappa shape index (κ2) is 6.72. The van der Waals surface area contributed by atoms with E-state index in [1.807, 2.05) is 24.4 Å². The van der Waals surface area contributed by atoms with Gasteiger partial charge in [-0.05, 0) is 57.3 Å². The Morgan fingerprint density at radius 2 is 2.47 bits per heavy atom. The predicted octanol–water partition coefficient (Wildman–Crippen LogP) is 2.55. The zero-order chi connectivity index (χ0) is 11.9. The highest BCUT2D eigenvalue weighted by Gasteiger charge is 2.13. The van der Waals surface area contributed by atoms with Gasteiger partial charge < -0.3 is 10.1 Å². The maximum Gasteiger partial charge on any atom is 0.0966 e. The first-order chi connectivity index (χ1) is 8.36. The van der Waals surface area contributed by atoms with Gasteiger partial charge in [-0.15, -0.1) is 0 Å². The summed E-state index contributed by atoms with van der Waals surface area (Å²) in [6, 6.07) is 5.96. The molecule has 1 aromatic rings. The Labute approximate surface area is 104 Å². The van der Waals surface area contributed by atoms with E-state index in [1.54, 1.807) is 0 Å². The SMILES string of the molecule is C[C@@H](OCC[C@H]1CCCNC1)c1ccccn1. The molecule has 17 heavy (non-hydrogen) atoms. The first kappa shape index (κ1) is 12.5. The quantitative estimate of drug-likeness (QED) is 0.850. The number of nitrogens with one attached hydrogen (secondary N) is 1. The monoisotopic (exact) mass is 234 g/mol. The van der Waals surface area contributed by atoms with Crippen molar-refractivity contribution < 1.29 is 4.74 Å². The number of nitrogens with zero attached hydrogens (tertiary/aromatic N) is 1. The number of rotatable bonds is 5. The molecule has 1 saturated heterocycles. The number of ether oxygens (including phenoxy) is 1. The fraction of sp³-hybridized carbons (Fsp3) is 0.643. The van der Waals surface area contributed by atoms with Crippen molar-refractivity contribution in [3.05, 3.63) is 30.1 Å². The van der Waals surface area contributed by atoms with Crippen LogP contribution in [0.1, 0.15) is 38.0 Å². The van der Waals surface area contributed by atoms with Gasteiger partial charge >= 0.3 is 0 Å². The molecule has 94 valence electrons. The molecule has 3 heteroatoms. The Kier molecular flexibility index (Phi) is 4.95. The molecule has 0 unspecified atom stereocenters. The van der Waals surface area contributed by atoms with Gasteiger partial charge in [-0.3, -0.25) is 4.98 Å². The number of pyridine rings is 1. The lowest BCUT2D eigenvalue weighted by atomic mass is 9.97. The van der Waals surface area contributed by atoms with E-state index in [0.29, 0.717) is 0 Å². The minimum absolute atomic E-state index is 0.104. The van der Waals surface area contributed by atoms with Crippen LogP contribution in [0.3, 0.4) is 0 Å². The molecule has 0 aromatic carbocycles. The Hall–Kier alpha value is -0.930. The third-order valence-electron chi connectivity index (χ3n) is 3.40. The predicted molar refractivity (Wildman–Crippen MR) is 68.8 cm³/mol. The highest BCUT2D eigenvalue weighted by molar-refractivity contribution is 5.05. The molecule has 1 aliphatic heterocycles. The van der Waals surface area contributed by atoms with E-state index in [0.717, 1.165) is 31.2 Å². The van der Waals surface area contributed by atoms with Gasteiger partial charge in [-0.2, -0.15) is 0 Å². The van der Waals surface area contributed by atoms with Crippen LogP contribution in [0, 0.1) is 5.92 Å². The second-order valence-corrected chi connectivity index (χ2v) is 4.77. The topological polar surface area (TPSA) is 34.1 Å². The van der Waals surface area contributed by atoms with E-state index in [9.17, 15) is 0 Å². The van der Waals surface area contributed by atoms with Crippen LogP contribution in [0.4, 0.5) is 0 Å². The summed E-state index contributed by atoms with van der Waals surface area (Å²) in [6.45, 7) is 5.24. The van der Waals surface area contributed by atoms with Crippen LogP contribution in [0.25, 0.3) is 0 Å². The maximum atomic E-state index is 5.84. The molecule has 0 amide bonds.